The highest BCUT2D eigenvalue weighted by Crippen LogP contribution is 2.29. The van der Waals surface area contributed by atoms with Crippen molar-refractivity contribution >= 4 is 17.3 Å². The molecule has 0 heterocycles. The maximum atomic E-state index is 13.6. The van der Waals surface area contributed by atoms with Gasteiger partial charge in [-0.1, -0.05) is 18.2 Å². The molecule has 0 saturated heterocycles. The van der Waals surface area contributed by atoms with Crippen LogP contribution in [-0.2, 0) is 0 Å². The summed E-state index contributed by atoms with van der Waals surface area (Å²) >= 11 is 0. The van der Waals surface area contributed by atoms with E-state index in [4.69, 9.17) is 5.11 Å². The molecule has 98 valence electrons. The average molecular weight is 259 g/mol. The topological polar surface area (TPSA) is 40.5 Å². The first-order chi connectivity index (χ1) is 9.00. The Balaban J connectivity index is 2.53. The molecule has 0 fully saturated rings. The van der Waals surface area contributed by atoms with Gasteiger partial charge in [-0.15, -0.1) is 0 Å². The molecule has 0 amide bonds. The van der Waals surface area contributed by atoms with Gasteiger partial charge >= 0.3 is 5.97 Å². The van der Waals surface area contributed by atoms with Gasteiger partial charge in [-0.05, 0) is 36.8 Å². The number of nitrogens with zero attached hydrogens (tertiary/aromatic N) is 1. The van der Waals surface area contributed by atoms with Gasteiger partial charge in [0.2, 0.25) is 0 Å². The number of rotatable bonds is 3. The highest BCUT2D eigenvalue weighted by Gasteiger charge is 2.18. The fourth-order valence-corrected chi connectivity index (χ4v) is 1.98. The van der Waals surface area contributed by atoms with Crippen LogP contribution in [0, 0.1) is 12.7 Å². The molecular formula is C15H14FNO2. The van der Waals surface area contributed by atoms with Crippen molar-refractivity contribution < 1.29 is 14.3 Å². The Morgan fingerprint density at radius 2 is 1.89 bits per heavy atom. The van der Waals surface area contributed by atoms with E-state index in [9.17, 15) is 9.18 Å². The summed E-state index contributed by atoms with van der Waals surface area (Å²) in [5.74, 6) is -2.00. The predicted octanol–water partition coefficient (Wildman–Crippen LogP) is 3.60. The minimum absolute atomic E-state index is 0.313. The fourth-order valence-electron chi connectivity index (χ4n) is 1.98. The van der Waals surface area contributed by atoms with Gasteiger partial charge in [0.1, 0.15) is 11.4 Å². The van der Waals surface area contributed by atoms with Crippen LogP contribution in [0.4, 0.5) is 15.8 Å². The van der Waals surface area contributed by atoms with Crippen molar-refractivity contribution in [3.8, 4) is 0 Å². The van der Waals surface area contributed by atoms with E-state index in [-0.39, 0.29) is 5.56 Å². The van der Waals surface area contributed by atoms with Crippen LogP contribution in [0.2, 0.25) is 0 Å². The van der Waals surface area contributed by atoms with Crippen LogP contribution >= 0.6 is 0 Å². The summed E-state index contributed by atoms with van der Waals surface area (Å²) in [6, 6.07) is 11.8. The summed E-state index contributed by atoms with van der Waals surface area (Å²) in [7, 11) is 1.72. The predicted molar refractivity (Wildman–Crippen MR) is 72.6 cm³/mol. The van der Waals surface area contributed by atoms with Gasteiger partial charge in [-0.2, -0.15) is 0 Å². The van der Waals surface area contributed by atoms with Crippen molar-refractivity contribution in [1.29, 1.82) is 0 Å². The number of hydrogen-bond donors (Lipinski definition) is 1. The Morgan fingerprint density at radius 3 is 2.53 bits per heavy atom. The lowest BCUT2D eigenvalue weighted by molar-refractivity contribution is 0.0693. The molecule has 2 rings (SSSR count). The summed E-state index contributed by atoms with van der Waals surface area (Å²) in [6.45, 7) is 1.95. The number of hydrogen-bond acceptors (Lipinski definition) is 2. The Kier molecular flexibility index (Phi) is 3.51. The van der Waals surface area contributed by atoms with Crippen LogP contribution in [-0.4, -0.2) is 18.1 Å². The van der Waals surface area contributed by atoms with Gasteiger partial charge in [0.25, 0.3) is 0 Å². The van der Waals surface area contributed by atoms with Gasteiger partial charge in [-0.3, -0.25) is 0 Å². The van der Waals surface area contributed by atoms with E-state index in [0.29, 0.717) is 5.69 Å². The first-order valence-electron chi connectivity index (χ1n) is 5.83. The lowest BCUT2D eigenvalue weighted by Crippen LogP contribution is -2.15. The molecule has 2 aromatic rings. The van der Waals surface area contributed by atoms with Crippen molar-refractivity contribution in [3.05, 3.63) is 59.4 Å². The van der Waals surface area contributed by atoms with Gasteiger partial charge in [0, 0.05) is 12.7 Å². The maximum absolute atomic E-state index is 13.6. The zero-order valence-electron chi connectivity index (χ0n) is 10.7. The van der Waals surface area contributed by atoms with Crippen molar-refractivity contribution in [2.75, 3.05) is 11.9 Å². The second-order valence-electron chi connectivity index (χ2n) is 4.34. The van der Waals surface area contributed by atoms with Crippen LogP contribution in [0.15, 0.2) is 42.5 Å². The number of halogens is 1. The van der Waals surface area contributed by atoms with Crippen LogP contribution in [0.5, 0.6) is 0 Å². The number of carboxylic acids is 1. The van der Waals surface area contributed by atoms with E-state index in [1.165, 1.54) is 6.07 Å². The Morgan fingerprint density at radius 1 is 1.21 bits per heavy atom. The second-order valence-corrected chi connectivity index (χ2v) is 4.34. The summed E-state index contributed by atoms with van der Waals surface area (Å²) in [5.41, 5.74) is 1.88. The summed E-state index contributed by atoms with van der Waals surface area (Å²) < 4.78 is 13.6. The highest BCUT2D eigenvalue weighted by atomic mass is 19.1. The van der Waals surface area contributed by atoms with Crippen LogP contribution < -0.4 is 4.90 Å². The number of carboxylic acid groups (broad SMARTS) is 1. The Hall–Kier alpha value is -2.36. The maximum Gasteiger partial charge on any atom is 0.340 e. The molecule has 2 aromatic carbocycles. The minimum Gasteiger partial charge on any atom is -0.478 e. The summed E-state index contributed by atoms with van der Waals surface area (Å²) in [5, 5.41) is 9.13. The monoisotopic (exact) mass is 259 g/mol. The number of carbonyl (C=O) groups is 1. The van der Waals surface area contributed by atoms with E-state index in [1.807, 2.05) is 31.2 Å². The van der Waals surface area contributed by atoms with Crippen LogP contribution in [0.1, 0.15) is 15.9 Å². The largest absolute Gasteiger partial charge is 0.478 e. The molecule has 0 aliphatic carbocycles. The standard InChI is InChI=1S/C15H14FNO2/c1-10-5-3-6-11(9-10)17(2)13-8-4-7-12(16)14(13)15(18)19/h3-9H,1-2H3,(H,18,19). The number of aryl methyl sites for hydroxylation is 1. The van der Waals surface area contributed by atoms with Crippen molar-refractivity contribution in [3.63, 3.8) is 0 Å². The highest BCUT2D eigenvalue weighted by molar-refractivity contribution is 5.95. The van der Waals surface area contributed by atoms with Crippen molar-refractivity contribution in [2.24, 2.45) is 0 Å². The van der Waals surface area contributed by atoms with Gasteiger partial charge < -0.3 is 10.0 Å². The van der Waals surface area contributed by atoms with Gasteiger partial charge in [-0.25, -0.2) is 9.18 Å². The quantitative estimate of drug-likeness (QED) is 0.915. The molecule has 0 atom stereocenters. The normalized spacial score (nSPS) is 10.3. The first kappa shape index (κ1) is 13.1. The Labute approximate surface area is 110 Å². The molecule has 0 aliphatic heterocycles. The lowest BCUT2D eigenvalue weighted by atomic mass is 10.1. The van der Waals surface area contributed by atoms with Crippen molar-refractivity contribution in [1.82, 2.24) is 0 Å². The average Bonchev–Trinajstić information content (AvgIpc) is 2.37. The van der Waals surface area contributed by atoms with Gasteiger partial charge in [0.05, 0.1) is 5.69 Å². The zero-order valence-corrected chi connectivity index (χ0v) is 10.7. The van der Waals surface area contributed by atoms with Crippen molar-refractivity contribution in [2.45, 2.75) is 6.92 Å². The third-order valence-corrected chi connectivity index (χ3v) is 2.96. The summed E-state index contributed by atoms with van der Waals surface area (Å²) in [6.07, 6.45) is 0. The number of aromatic carboxylic acids is 1. The molecule has 3 nitrogen and oxygen atoms in total. The second kappa shape index (κ2) is 5.10. The SMILES string of the molecule is Cc1cccc(N(C)c2cccc(F)c2C(=O)O)c1. The first-order valence-corrected chi connectivity index (χ1v) is 5.83. The molecule has 0 radical (unpaired) electrons. The molecule has 4 heteroatoms. The van der Waals surface area contributed by atoms with E-state index < -0.39 is 11.8 Å². The lowest BCUT2D eigenvalue weighted by Gasteiger charge is -2.22. The Bertz CT molecular complexity index is 625. The third kappa shape index (κ3) is 2.57. The fraction of sp³-hybridized carbons (Fsp3) is 0.133. The molecule has 0 aliphatic rings. The van der Waals surface area contributed by atoms with Gasteiger partial charge in [0.15, 0.2) is 0 Å². The molecule has 19 heavy (non-hydrogen) atoms. The zero-order chi connectivity index (χ0) is 14.0. The van der Waals surface area contributed by atoms with E-state index in [0.717, 1.165) is 17.3 Å². The molecule has 0 aromatic heterocycles. The van der Waals surface area contributed by atoms with E-state index >= 15 is 0 Å². The van der Waals surface area contributed by atoms with Crippen LogP contribution in [0.3, 0.4) is 0 Å². The third-order valence-electron chi connectivity index (χ3n) is 2.96. The molecular weight excluding hydrogens is 245 g/mol. The summed E-state index contributed by atoms with van der Waals surface area (Å²) in [4.78, 5) is 12.8. The molecule has 0 saturated carbocycles. The minimum atomic E-state index is -1.27. The smallest absolute Gasteiger partial charge is 0.340 e. The molecule has 0 unspecified atom stereocenters. The molecule has 1 N–H and O–H groups in total. The van der Waals surface area contributed by atoms with E-state index in [2.05, 4.69) is 0 Å². The van der Waals surface area contributed by atoms with E-state index in [1.54, 1.807) is 18.0 Å². The van der Waals surface area contributed by atoms with Crippen LogP contribution in [0.25, 0.3) is 0 Å². The number of benzene rings is 2. The molecule has 0 spiro atoms. The molecule has 0 bridgehead atoms. The number of anilines is 2.